The lowest BCUT2D eigenvalue weighted by atomic mass is 9.85. The van der Waals surface area contributed by atoms with Crippen molar-refractivity contribution in [3.63, 3.8) is 0 Å². The second-order valence-corrected chi connectivity index (χ2v) is 7.38. The Morgan fingerprint density at radius 1 is 1.06 bits per heavy atom. The van der Waals surface area contributed by atoms with Crippen molar-refractivity contribution in [1.82, 2.24) is 4.98 Å². The lowest BCUT2D eigenvalue weighted by Crippen LogP contribution is -2.19. The Labute approximate surface area is 111 Å². The van der Waals surface area contributed by atoms with Gasteiger partial charge in [0.15, 0.2) is 0 Å². The highest BCUT2D eigenvalue weighted by Crippen LogP contribution is 2.37. The topological polar surface area (TPSA) is 22.1 Å². The maximum absolute atomic E-state index is 6.08. The van der Waals surface area contributed by atoms with Crippen LogP contribution in [0.15, 0.2) is 12.3 Å². The molecule has 0 radical (unpaired) electrons. The van der Waals surface area contributed by atoms with Crippen LogP contribution in [0.25, 0.3) is 0 Å². The molecule has 0 aromatic carbocycles. The first kappa shape index (κ1) is 13.4. The molecule has 0 unspecified atom stereocenters. The van der Waals surface area contributed by atoms with E-state index in [1.165, 1.54) is 18.4 Å². The monoisotopic (exact) mass is 247 g/mol. The van der Waals surface area contributed by atoms with Crippen molar-refractivity contribution in [2.75, 3.05) is 0 Å². The average Bonchev–Trinajstić information content (AvgIpc) is 2.98. The van der Waals surface area contributed by atoms with Crippen molar-refractivity contribution in [1.29, 1.82) is 0 Å². The minimum absolute atomic E-state index is 0.0675. The molecule has 1 aliphatic rings. The fourth-order valence-electron chi connectivity index (χ4n) is 1.87. The van der Waals surface area contributed by atoms with Crippen molar-refractivity contribution in [2.24, 2.45) is 0 Å². The van der Waals surface area contributed by atoms with Gasteiger partial charge in [-0.25, -0.2) is 0 Å². The fourth-order valence-corrected chi connectivity index (χ4v) is 1.87. The van der Waals surface area contributed by atoms with E-state index in [1.54, 1.807) is 0 Å². The summed E-state index contributed by atoms with van der Waals surface area (Å²) < 4.78 is 6.08. The van der Waals surface area contributed by atoms with E-state index >= 15 is 0 Å². The van der Waals surface area contributed by atoms with Crippen LogP contribution in [0.2, 0.25) is 0 Å². The van der Waals surface area contributed by atoms with E-state index in [0.29, 0.717) is 6.10 Å². The molecule has 0 saturated heterocycles. The molecule has 0 spiro atoms. The summed E-state index contributed by atoms with van der Waals surface area (Å²) in [6.07, 6.45) is 4.81. The molecule has 1 saturated carbocycles. The van der Waals surface area contributed by atoms with Gasteiger partial charge in [0.25, 0.3) is 0 Å². The smallest absolute Gasteiger partial charge is 0.126 e. The lowest BCUT2D eigenvalue weighted by molar-refractivity contribution is 0.293. The molecular weight excluding hydrogens is 222 g/mol. The van der Waals surface area contributed by atoms with Crippen molar-refractivity contribution >= 4 is 0 Å². The number of nitrogens with zero attached hydrogens (tertiary/aromatic N) is 1. The molecule has 100 valence electrons. The third-order valence-electron chi connectivity index (χ3n) is 3.26. The molecule has 1 aliphatic carbocycles. The summed E-state index contributed by atoms with van der Waals surface area (Å²) in [5.74, 6) is 1.03. The van der Waals surface area contributed by atoms with Gasteiger partial charge in [0, 0.05) is 28.9 Å². The lowest BCUT2D eigenvalue weighted by Gasteiger charge is -2.25. The first-order valence-corrected chi connectivity index (χ1v) is 6.85. The van der Waals surface area contributed by atoms with Gasteiger partial charge in [-0.2, -0.15) is 0 Å². The van der Waals surface area contributed by atoms with Gasteiger partial charge in [0.2, 0.25) is 0 Å². The summed E-state index contributed by atoms with van der Waals surface area (Å²) in [5, 5.41) is 0. The molecule has 0 amide bonds. The highest BCUT2D eigenvalue weighted by atomic mass is 16.5. The predicted octanol–water partition coefficient (Wildman–Crippen LogP) is 4.22. The van der Waals surface area contributed by atoms with Gasteiger partial charge < -0.3 is 4.74 Å². The van der Waals surface area contributed by atoms with E-state index in [0.717, 1.165) is 11.4 Å². The van der Waals surface area contributed by atoms with Crippen LogP contribution in [0.5, 0.6) is 5.75 Å². The van der Waals surface area contributed by atoms with Gasteiger partial charge >= 0.3 is 0 Å². The number of ether oxygens (including phenoxy) is 1. The van der Waals surface area contributed by atoms with Crippen molar-refractivity contribution in [3.05, 3.63) is 23.5 Å². The number of hydrogen-bond donors (Lipinski definition) is 0. The number of rotatable bonds is 2. The summed E-state index contributed by atoms with van der Waals surface area (Å²) in [5.41, 5.74) is 2.46. The van der Waals surface area contributed by atoms with Crippen LogP contribution in [0, 0.1) is 0 Å². The number of hydrogen-bond acceptors (Lipinski definition) is 2. The summed E-state index contributed by atoms with van der Waals surface area (Å²) in [7, 11) is 0. The van der Waals surface area contributed by atoms with Gasteiger partial charge in [-0.15, -0.1) is 0 Å². The molecule has 0 atom stereocenters. The molecule has 0 N–H and O–H groups in total. The second kappa shape index (κ2) is 4.25. The van der Waals surface area contributed by atoms with Crippen LogP contribution < -0.4 is 4.74 Å². The van der Waals surface area contributed by atoms with Gasteiger partial charge in [0.1, 0.15) is 5.75 Å². The van der Waals surface area contributed by atoms with E-state index in [9.17, 15) is 0 Å². The Morgan fingerprint density at radius 3 is 2.11 bits per heavy atom. The first-order chi connectivity index (χ1) is 8.18. The third-order valence-corrected chi connectivity index (χ3v) is 3.26. The number of pyridine rings is 1. The molecule has 1 aromatic rings. The second-order valence-electron chi connectivity index (χ2n) is 7.38. The van der Waals surface area contributed by atoms with Crippen molar-refractivity contribution < 1.29 is 4.74 Å². The Bertz CT molecular complexity index is 433. The summed E-state index contributed by atoms with van der Waals surface area (Å²) in [6, 6.07) is 2.14. The molecule has 2 heteroatoms. The Kier molecular flexibility index (Phi) is 3.16. The Balaban J connectivity index is 2.41. The quantitative estimate of drug-likeness (QED) is 0.780. The standard InChI is InChI=1S/C16H25NO/c1-15(2,3)12-10-17-14(16(4,5)6)9-13(12)18-11-7-8-11/h9-11H,7-8H2,1-6H3. The van der Waals surface area contributed by atoms with Crippen molar-refractivity contribution in [3.8, 4) is 5.75 Å². The zero-order valence-corrected chi connectivity index (χ0v) is 12.5. The normalized spacial score (nSPS) is 16.8. The third kappa shape index (κ3) is 3.04. The molecule has 0 bridgehead atoms. The van der Waals surface area contributed by atoms with Crippen LogP contribution in [0.3, 0.4) is 0 Å². The molecule has 0 aliphatic heterocycles. The molecule has 1 heterocycles. The minimum atomic E-state index is 0.0675. The van der Waals surface area contributed by atoms with Gasteiger partial charge in [0.05, 0.1) is 6.10 Å². The van der Waals surface area contributed by atoms with Crippen LogP contribution in [0.1, 0.15) is 65.6 Å². The van der Waals surface area contributed by atoms with Crippen LogP contribution in [0.4, 0.5) is 0 Å². The van der Waals surface area contributed by atoms with Gasteiger partial charge in [-0.1, -0.05) is 41.5 Å². The summed E-state index contributed by atoms with van der Waals surface area (Å²) >= 11 is 0. The predicted molar refractivity (Wildman–Crippen MR) is 75.3 cm³/mol. The van der Waals surface area contributed by atoms with Crippen LogP contribution in [-0.2, 0) is 10.8 Å². The van der Waals surface area contributed by atoms with Crippen LogP contribution in [-0.4, -0.2) is 11.1 Å². The van der Waals surface area contributed by atoms with E-state index in [4.69, 9.17) is 4.74 Å². The SMILES string of the molecule is CC(C)(C)c1cc(OC2CC2)c(C(C)(C)C)cn1. The van der Waals surface area contributed by atoms with Crippen molar-refractivity contribution in [2.45, 2.75) is 71.3 Å². The summed E-state index contributed by atoms with van der Waals surface area (Å²) in [4.78, 5) is 4.62. The molecule has 1 fully saturated rings. The van der Waals surface area contributed by atoms with Gasteiger partial charge in [-0.05, 0) is 18.3 Å². The summed E-state index contributed by atoms with van der Waals surface area (Å²) in [6.45, 7) is 13.2. The first-order valence-electron chi connectivity index (χ1n) is 6.85. The zero-order chi connectivity index (χ0) is 13.6. The highest BCUT2D eigenvalue weighted by molar-refractivity contribution is 5.39. The van der Waals surface area contributed by atoms with E-state index in [2.05, 4.69) is 52.6 Å². The fraction of sp³-hybridized carbons (Fsp3) is 0.688. The Morgan fingerprint density at radius 2 is 1.67 bits per heavy atom. The molecular formula is C16H25NO. The largest absolute Gasteiger partial charge is 0.490 e. The molecule has 2 nitrogen and oxygen atoms in total. The molecule has 1 aromatic heterocycles. The number of aromatic nitrogens is 1. The van der Waals surface area contributed by atoms with Crippen LogP contribution >= 0.6 is 0 Å². The minimum Gasteiger partial charge on any atom is -0.490 e. The van der Waals surface area contributed by atoms with E-state index in [1.807, 2.05) is 6.20 Å². The van der Waals surface area contributed by atoms with E-state index in [-0.39, 0.29) is 10.8 Å². The molecule has 18 heavy (non-hydrogen) atoms. The Hall–Kier alpha value is -1.05. The maximum atomic E-state index is 6.08. The van der Waals surface area contributed by atoms with E-state index < -0.39 is 0 Å². The average molecular weight is 247 g/mol. The maximum Gasteiger partial charge on any atom is 0.126 e. The van der Waals surface area contributed by atoms with Gasteiger partial charge in [-0.3, -0.25) is 4.98 Å². The molecule has 2 rings (SSSR count). The zero-order valence-electron chi connectivity index (χ0n) is 12.5. The highest BCUT2D eigenvalue weighted by Gasteiger charge is 2.29.